The van der Waals surface area contributed by atoms with Crippen LogP contribution in [0.5, 0.6) is 0 Å². The van der Waals surface area contributed by atoms with E-state index in [0.29, 0.717) is 0 Å². The van der Waals surface area contributed by atoms with Crippen molar-refractivity contribution in [2.45, 2.75) is 24.2 Å². The molecule has 0 aliphatic heterocycles. The second-order valence-corrected chi connectivity index (χ2v) is 7.35. The van der Waals surface area contributed by atoms with Gasteiger partial charge in [-0.15, -0.1) is 0 Å². The monoisotopic (exact) mass is 316 g/mol. The Kier molecular flexibility index (Phi) is 4.84. The Hall–Kier alpha value is -1.91. The maximum absolute atomic E-state index is 12.3. The molecule has 0 aliphatic rings. The molecule has 0 saturated carbocycles. The molecule has 0 N–H and O–H groups in total. The van der Waals surface area contributed by atoms with E-state index in [9.17, 15) is 8.42 Å². The smallest absolute Gasteiger partial charge is 0.265 e. The fourth-order valence-electron chi connectivity index (χ4n) is 2.04. The first-order chi connectivity index (χ1) is 10.3. The molecule has 0 aromatic heterocycles. The van der Waals surface area contributed by atoms with Gasteiger partial charge in [-0.05, 0) is 23.3 Å². The molecule has 0 bridgehead atoms. The van der Waals surface area contributed by atoms with E-state index in [0.717, 1.165) is 11.1 Å². The van der Waals surface area contributed by atoms with Crippen LogP contribution in [0.3, 0.4) is 0 Å². The molecule has 2 rings (SSSR count). The van der Waals surface area contributed by atoms with Crippen LogP contribution in [0, 0.1) is 0 Å². The summed E-state index contributed by atoms with van der Waals surface area (Å²) < 4.78 is 29.8. The van der Waals surface area contributed by atoms with E-state index < -0.39 is 15.5 Å². The summed E-state index contributed by atoms with van der Waals surface area (Å²) in [7, 11) is -3.76. The van der Waals surface area contributed by atoms with E-state index in [1.807, 2.05) is 44.2 Å². The minimum atomic E-state index is -3.76. The third-order valence-corrected chi connectivity index (χ3v) is 4.81. The van der Waals surface area contributed by atoms with Crippen LogP contribution < -0.4 is 0 Å². The van der Waals surface area contributed by atoms with Gasteiger partial charge in [0.2, 0.25) is 0 Å². The maximum atomic E-state index is 12.3. The zero-order chi connectivity index (χ0) is 16.2. The SMILES string of the molecule is C=Cc1ccc(S(=O)(=O)OCC(C)(C)c2ccccc2)cc1. The summed E-state index contributed by atoms with van der Waals surface area (Å²) in [6, 6.07) is 16.2. The molecule has 22 heavy (non-hydrogen) atoms. The molecule has 0 fully saturated rings. The quantitative estimate of drug-likeness (QED) is 0.756. The van der Waals surface area contributed by atoms with Gasteiger partial charge in [-0.3, -0.25) is 4.18 Å². The van der Waals surface area contributed by atoms with Crippen LogP contribution in [0.15, 0.2) is 66.1 Å². The van der Waals surface area contributed by atoms with Crippen LogP contribution in [0.2, 0.25) is 0 Å². The van der Waals surface area contributed by atoms with Gasteiger partial charge >= 0.3 is 0 Å². The third kappa shape index (κ3) is 3.84. The average molecular weight is 316 g/mol. The molecule has 0 heterocycles. The van der Waals surface area contributed by atoms with Gasteiger partial charge in [0.15, 0.2) is 0 Å². The van der Waals surface area contributed by atoms with Crippen LogP contribution >= 0.6 is 0 Å². The summed E-state index contributed by atoms with van der Waals surface area (Å²) in [4.78, 5) is 0.155. The summed E-state index contributed by atoms with van der Waals surface area (Å²) in [6.07, 6.45) is 1.66. The lowest BCUT2D eigenvalue weighted by Crippen LogP contribution is -2.26. The van der Waals surface area contributed by atoms with E-state index in [-0.39, 0.29) is 11.5 Å². The standard InChI is InChI=1S/C18H20O3S/c1-4-15-10-12-17(13-11-15)22(19,20)21-14-18(2,3)16-8-6-5-7-9-16/h4-13H,1,14H2,2-3H3. The number of hydrogen-bond acceptors (Lipinski definition) is 3. The molecule has 3 nitrogen and oxygen atoms in total. The number of rotatable bonds is 6. The molecular weight excluding hydrogens is 296 g/mol. The summed E-state index contributed by atoms with van der Waals surface area (Å²) in [5.41, 5.74) is 1.51. The maximum Gasteiger partial charge on any atom is 0.297 e. The lowest BCUT2D eigenvalue weighted by molar-refractivity contribution is 0.246. The van der Waals surface area contributed by atoms with Crippen molar-refractivity contribution in [3.63, 3.8) is 0 Å². The van der Waals surface area contributed by atoms with Gasteiger partial charge in [-0.25, -0.2) is 0 Å². The van der Waals surface area contributed by atoms with E-state index in [2.05, 4.69) is 6.58 Å². The summed E-state index contributed by atoms with van der Waals surface area (Å²) in [6.45, 7) is 7.64. The zero-order valence-electron chi connectivity index (χ0n) is 12.8. The first-order valence-electron chi connectivity index (χ1n) is 7.03. The number of benzene rings is 2. The Bertz CT molecular complexity index is 730. The van der Waals surface area contributed by atoms with Crippen molar-refractivity contribution in [1.82, 2.24) is 0 Å². The molecule has 0 amide bonds. The fraction of sp³-hybridized carbons (Fsp3) is 0.222. The van der Waals surface area contributed by atoms with Crippen molar-refractivity contribution in [3.05, 3.63) is 72.3 Å². The van der Waals surface area contributed by atoms with E-state index in [4.69, 9.17) is 4.18 Å². The normalized spacial score (nSPS) is 12.1. The van der Waals surface area contributed by atoms with E-state index in [1.165, 1.54) is 12.1 Å². The van der Waals surface area contributed by atoms with Gasteiger partial charge in [-0.1, -0.05) is 69.0 Å². The molecule has 0 unspecified atom stereocenters. The van der Waals surface area contributed by atoms with Gasteiger partial charge < -0.3 is 0 Å². The van der Waals surface area contributed by atoms with E-state index in [1.54, 1.807) is 18.2 Å². The first kappa shape index (κ1) is 16.5. The van der Waals surface area contributed by atoms with Crippen molar-refractivity contribution in [3.8, 4) is 0 Å². The Morgan fingerprint density at radius 3 is 2.18 bits per heavy atom. The van der Waals surface area contributed by atoms with Gasteiger partial charge in [0.05, 0.1) is 11.5 Å². The van der Waals surface area contributed by atoms with Crippen LogP contribution in [-0.4, -0.2) is 15.0 Å². The molecule has 116 valence electrons. The Morgan fingerprint density at radius 1 is 1.05 bits per heavy atom. The largest absolute Gasteiger partial charge is 0.297 e. The summed E-state index contributed by atoms with van der Waals surface area (Å²) in [5, 5.41) is 0. The van der Waals surface area contributed by atoms with Crippen LogP contribution in [0.25, 0.3) is 6.08 Å². The predicted molar refractivity (Wildman–Crippen MR) is 89.1 cm³/mol. The second-order valence-electron chi connectivity index (χ2n) is 5.74. The molecule has 2 aromatic rings. The lowest BCUT2D eigenvalue weighted by Gasteiger charge is -2.24. The molecule has 0 saturated heterocycles. The topological polar surface area (TPSA) is 43.4 Å². The predicted octanol–water partition coefficient (Wildman–Crippen LogP) is 4.01. The molecule has 2 aromatic carbocycles. The molecule has 0 atom stereocenters. The average Bonchev–Trinajstić information content (AvgIpc) is 2.54. The summed E-state index contributed by atoms with van der Waals surface area (Å²) >= 11 is 0. The van der Waals surface area contributed by atoms with Crippen molar-refractivity contribution >= 4 is 16.2 Å². The molecule has 0 spiro atoms. The second kappa shape index (κ2) is 6.46. The minimum absolute atomic E-state index is 0.0859. The van der Waals surface area contributed by atoms with Crippen LogP contribution in [0.4, 0.5) is 0 Å². The van der Waals surface area contributed by atoms with Crippen molar-refractivity contribution in [2.75, 3.05) is 6.61 Å². The number of hydrogen-bond donors (Lipinski definition) is 0. The Balaban J connectivity index is 2.13. The van der Waals surface area contributed by atoms with Crippen LogP contribution in [0.1, 0.15) is 25.0 Å². The van der Waals surface area contributed by atoms with Gasteiger partial charge in [0, 0.05) is 5.41 Å². The van der Waals surface area contributed by atoms with E-state index >= 15 is 0 Å². The van der Waals surface area contributed by atoms with Crippen molar-refractivity contribution < 1.29 is 12.6 Å². The molecule has 0 aliphatic carbocycles. The van der Waals surface area contributed by atoms with Gasteiger partial charge in [0.25, 0.3) is 10.1 Å². The molecule has 0 radical (unpaired) electrons. The van der Waals surface area contributed by atoms with Crippen LogP contribution in [-0.2, 0) is 19.7 Å². The highest BCUT2D eigenvalue weighted by Crippen LogP contribution is 2.25. The highest BCUT2D eigenvalue weighted by atomic mass is 32.2. The van der Waals surface area contributed by atoms with Crippen molar-refractivity contribution in [2.24, 2.45) is 0 Å². The zero-order valence-corrected chi connectivity index (χ0v) is 13.6. The van der Waals surface area contributed by atoms with Crippen molar-refractivity contribution in [1.29, 1.82) is 0 Å². The molecular formula is C18H20O3S. The Labute approximate surface area is 132 Å². The minimum Gasteiger partial charge on any atom is -0.265 e. The third-order valence-electron chi connectivity index (χ3n) is 3.53. The highest BCUT2D eigenvalue weighted by Gasteiger charge is 2.25. The van der Waals surface area contributed by atoms with Gasteiger partial charge in [-0.2, -0.15) is 8.42 Å². The fourth-order valence-corrected chi connectivity index (χ4v) is 3.09. The lowest BCUT2D eigenvalue weighted by atomic mass is 9.86. The summed E-state index contributed by atoms with van der Waals surface area (Å²) in [5.74, 6) is 0. The Morgan fingerprint density at radius 2 is 1.64 bits per heavy atom. The highest BCUT2D eigenvalue weighted by molar-refractivity contribution is 7.86. The first-order valence-corrected chi connectivity index (χ1v) is 8.43. The molecule has 4 heteroatoms. The van der Waals surface area contributed by atoms with Gasteiger partial charge in [0.1, 0.15) is 0 Å².